The third-order valence-electron chi connectivity index (χ3n) is 11.1. The zero-order valence-corrected chi connectivity index (χ0v) is 22.3. The molecule has 1 aromatic rings. The van der Waals surface area contributed by atoms with E-state index >= 15 is 0 Å². The zero-order valence-electron chi connectivity index (χ0n) is 22.3. The maximum atomic E-state index is 13.6. The fraction of sp³-hybridized carbons (Fsp3) is 0.793. The number of hydrogen-bond donors (Lipinski definition) is 2. The van der Waals surface area contributed by atoms with Crippen LogP contribution in [0.3, 0.4) is 0 Å². The topological polar surface area (TPSA) is 94.5 Å². The van der Waals surface area contributed by atoms with Crippen molar-refractivity contribution in [3.05, 3.63) is 17.8 Å². The molecular weight excluding hydrogens is 436 g/mol. The molecule has 8 atom stereocenters. The van der Waals surface area contributed by atoms with Gasteiger partial charge >= 0.3 is 0 Å². The van der Waals surface area contributed by atoms with Crippen molar-refractivity contribution in [3.63, 3.8) is 0 Å². The Morgan fingerprint density at radius 3 is 2.71 bits per heavy atom. The Morgan fingerprint density at radius 1 is 1.17 bits per heavy atom. The highest BCUT2D eigenvalue weighted by atomic mass is 16.5. The second-order valence-electron chi connectivity index (χ2n) is 12.9. The fourth-order valence-electron chi connectivity index (χ4n) is 9.52. The molecule has 6 nitrogen and oxygen atoms in total. The molecule has 0 saturated heterocycles. The number of methoxy groups -OCH3 is 1. The number of Topliss-reactive ketones (excluding diaryl/α,β-unsaturated/α-hetero) is 1. The molecule has 0 aliphatic heterocycles. The summed E-state index contributed by atoms with van der Waals surface area (Å²) >= 11 is 0. The third-order valence-corrected chi connectivity index (χ3v) is 11.1. The van der Waals surface area contributed by atoms with Gasteiger partial charge in [0.2, 0.25) is 0 Å². The number of carbonyl (C=O) groups is 1. The Kier molecular flexibility index (Phi) is 6.67. The summed E-state index contributed by atoms with van der Waals surface area (Å²) in [7, 11) is 1.90. The van der Waals surface area contributed by atoms with E-state index < -0.39 is 0 Å². The van der Waals surface area contributed by atoms with Gasteiger partial charge in [-0.3, -0.25) is 9.80 Å². The first-order valence-electron chi connectivity index (χ1n) is 14.0. The molecule has 4 fully saturated rings. The molecule has 35 heavy (non-hydrogen) atoms. The van der Waals surface area contributed by atoms with E-state index in [1.165, 1.54) is 50.0 Å². The van der Waals surface area contributed by atoms with Crippen LogP contribution in [0.15, 0.2) is 12.3 Å². The highest BCUT2D eigenvalue weighted by Crippen LogP contribution is 2.68. The maximum absolute atomic E-state index is 13.6. The zero-order chi connectivity index (χ0) is 25.0. The first kappa shape index (κ1) is 25.0. The number of nitrogens with zero attached hydrogens (tertiary/aromatic N) is 2. The lowest BCUT2D eigenvalue weighted by Crippen LogP contribution is -2.56. The van der Waals surface area contributed by atoms with Crippen LogP contribution in [0.1, 0.15) is 77.2 Å². The van der Waals surface area contributed by atoms with Crippen LogP contribution < -0.4 is 16.6 Å². The molecule has 8 unspecified atom stereocenters. The summed E-state index contributed by atoms with van der Waals surface area (Å²) in [5.74, 6) is 10.9. The number of aryl methyl sites for hydroxylation is 1. The Bertz CT molecular complexity index is 953. The van der Waals surface area contributed by atoms with Crippen LogP contribution in [-0.2, 0) is 9.53 Å². The van der Waals surface area contributed by atoms with E-state index in [4.69, 9.17) is 16.3 Å². The minimum absolute atomic E-state index is 0.0775. The van der Waals surface area contributed by atoms with E-state index in [0.29, 0.717) is 22.8 Å². The van der Waals surface area contributed by atoms with E-state index in [2.05, 4.69) is 18.8 Å². The highest BCUT2D eigenvalue weighted by Gasteiger charge is 2.62. The number of pyridine rings is 1. The van der Waals surface area contributed by atoms with Gasteiger partial charge in [0.25, 0.3) is 0 Å². The summed E-state index contributed by atoms with van der Waals surface area (Å²) in [5, 5.41) is 1.46. The standard InChI is InChI=1S/C29H46N4O2/c1-18-9-12-29(17-35-4)20(13-18)5-6-21-22-7-8-24(28(22,3)11-10-23(21)29)26(34)16-33(31)27-25(30)14-19(2)15-32-27/h14-15,18,20-24H,5-13,16-17,30-31H2,1-4H3. The molecule has 0 bridgehead atoms. The van der Waals surface area contributed by atoms with Gasteiger partial charge in [0.15, 0.2) is 11.6 Å². The SMILES string of the molecule is COCC12CCC(C)CC1CCC1C3CCC(C(=O)CN(N)c4ncc(C)cc4N)C3(C)CCC12. The Balaban J connectivity index is 1.33. The molecule has 0 spiro atoms. The van der Waals surface area contributed by atoms with Crippen LogP contribution in [0.4, 0.5) is 11.5 Å². The lowest BCUT2D eigenvalue weighted by Gasteiger charge is -2.62. The second kappa shape index (κ2) is 9.33. The average Bonchev–Trinajstić information content (AvgIpc) is 3.16. The van der Waals surface area contributed by atoms with E-state index in [-0.39, 0.29) is 23.7 Å². The third kappa shape index (κ3) is 4.09. The van der Waals surface area contributed by atoms with Gasteiger partial charge in [0.05, 0.1) is 18.8 Å². The summed E-state index contributed by atoms with van der Waals surface area (Å²) in [6.45, 7) is 7.90. The Labute approximate surface area is 211 Å². The average molecular weight is 483 g/mol. The largest absolute Gasteiger partial charge is 0.396 e. The van der Waals surface area contributed by atoms with Crippen LogP contribution >= 0.6 is 0 Å². The predicted molar refractivity (Wildman–Crippen MR) is 141 cm³/mol. The number of anilines is 2. The molecule has 1 aromatic heterocycles. The van der Waals surface area contributed by atoms with Crippen molar-refractivity contribution >= 4 is 17.3 Å². The van der Waals surface area contributed by atoms with E-state index in [9.17, 15) is 4.79 Å². The van der Waals surface area contributed by atoms with E-state index in [0.717, 1.165) is 48.7 Å². The van der Waals surface area contributed by atoms with Crippen molar-refractivity contribution in [1.29, 1.82) is 0 Å². The van der Waals surface area contributed by atoms with Gasteiger partial charge in [-0.15, -0.1) is 0 Å². The van der Waals surface area contributed by atoms with Crippen LogP contribution in [0.5, 0.6) is 0 Å². The Hall–Kier alpha value is -1.66. The predicted octanol–water partition coefficient (Wildman–Crippen LogP) is 5.14. The number of hydrogen-bond acceptors (Lipinski definition) is 6. The fourth-order valence-corrected chi connectivity index (χ4v) is 9.52. The molecule has 0 aromatic carbocycles. The molecule has 4 aliphatic carbocycles. The Morgan fingerprint density at radius 2 is 1.97 bits per heavy atom. The molecule has 4 saturated carbocycles. The smallest absolute Gasteiger partial charge is 0.166 e. The summed E-state index contributed by atoms with van der Waals surface area (Å²) in [6, 6.07) is 1.86. The number of nitrogens with two attached hydrogens (primary N) is 2. The number of ether oxygens (including phenoxy) is 1. The van der Waals surface area contributed by atoms with Gasteiger partial charge in [0.1, 0.15) is 0 Å². The van der Waals surface area contributed by atoms with Gasteiger partial charge < -0.3 is 10.5 Å². The van der Waals surface area contributed by atoms with Crippen molar-refractivity contribution < 1.29 is 9.53 Å². The maximum Gasteiger partial charge on any atom is 0.166 e. The summed E-state index contributed by atoms with van der Waals surface area (Å²) in [5.41, 5.74) is 8.10. The molecule has 4 N–H and O–H groups in total. The van der Waals surface area contributed by atoms with Crippen LogP contribution in [0, 0.1) is 53.3 Å². The summed E-state index contributed by atoms with van der Waals surface area (Å²) in [6.07, 6.45) is 13.0. The molecule has 4 aliphatic rings. The first-order valence-corrected chi connectivity index (χ1v) is 14.0. The van der Waals surface area contributed by atoms with Crippen molar-refractivity contribution in [3.8, 4) is 0 Å². The van der Waals surface area contributed by atoms with Crippen LogP contribution in [0.2, 0.25) is 0 Å². The molecule has 0 amide bonds. The van der Waals surface area contributed by atoms with Gasteiger partial charge in [-0.05, 0) is 110 Å². The first-order chi connectivity index (χ1) is 16.7. The van der Waals surface area contributed by atoms with Crippen molar-refractivity contribution in [1.82, 2.24) is 4.98 Å². The number of aromatic nitrogens is 1. The number of rotatable bonds is 6. The summed E-state index contributed by atoms with van der Waals surface area (Å²) in [4.78, 5) is 18.0. The quantitative estimate of drug-likeness (QED) is 0.430. The minimum atomic E-state index is 0.0775. The molecular formula is C29H46N4O2. The molecule has 6 heteroatoms. The second-order valence-corrected chi connectivity index (χ2v) is 12.9. The lowest BCUT2D eigenvalue weighted by molar-refractivity contribution is -0.154. The highest BCUT2D eigenvalue weighted by molar-refractivity contribution is 5.87. The number of hydrazine groups is 1. The molecule has 5 rings (SSSR count). The number of nitrogen functional groups attached to an aromatic ring is 1. The van der Waals surface area contributed by atoms with Gasteiger partial charge in [0, 0.05) is 19.2 Å². The molecule has 0 radical (unpaired) electrons. The van der Waals surface area contributed by atoms with Crippen molar-refractivity contribution in [2.75, 3.05) is 31.0 Å². The van der Waals surface area contributed by atoms with Crippen LogP contribution in [0.25, 0.3) is 0 Å². The number of carbonyl (C=O) groups excluding carboxylic acids is 1. The van der Waals surface area contributed by atoms with Crippen molar-refractivity contribution in [2.24, 2.45) is 52.2 Å². The van der Waals surface area contributed by atoms with E-state index in [1.54, 1.807) is 6.20 Å². The molecule has 1 heterocycles. The minimum Gasteiger partial charge on any atom is -0.396 e. The van der Waals surface area contributed by atoms with E-state index in [1.807, 2.05) is 20.1 Å². The van der Waals surface area contributed by atoms with Gasteiger partial charge in [-0.25, -0.2) is 10.8 Å². The number of ketones is 1. The summed E-state index contributed by atoms with van der Waals surface area (Å²) < 4.78 is 5.93. The normalized spacial score (nSPS) is 40.5. The number of fused-ring (bicyclic) bond motifs is 5. The van der Waals surface area contributed by atoms with Gasteiger partial charge in [-0.1, -0.05) is 20.3 Å². The van der Waals surface area contributed by atoms with Gasteiger partial charge in [-0.2, -0.15) is 0 Å². The monoisotopic (exact) mass is 482 g/mol. The lowest BCUT2D eigenvalue weighted by atomic mass is 9.44. The van der Waals surface area contributed by atoms with Crippen molar-refractivity contribution in [2.45, 2.75) is 78.6 Å². The molecule has 194 valence electrons. The van der Waals surface area contributed by atoms with Crippen LogP contribution in [-0.4, -0.2) is 31.0 Å².